The lowest BCUT2D eigenvalue weighted by Crippen LogP contribution is -2.63. The van der Waals surface area contributed by atoms with Crippen LogP contribution in [-0.4, -0.2) is 113 Å². The van der Waals surface area contributed by atoms with E-state index < -0.39 is 66.0 Å². The molecule has 2 aliphatic carbocycles. The predicted octanol–water partition coefficient (Wildman–Crippen LogP) is 0.243. The minimum Gasteiger partial charge on any atom is -0.391 e. The van der Waals surface area contributed by atoms with E-state index in [-0.39, 0.29) is 24.3 Å². The summed E-state index contributed by atoms with van der Waals surface area (Å²) >= 11 is 0. The maximum absolute atomic E-state index is 14.1. The average Bonchev–Trinajstić information content (AvgIpc) is 3.72. The van der Waals surface area contributed by atoms with Gasteiger partial charge in [0, 0.05) is 32.7 Å². The van der Waals surface area contributed by atoms with Crippen molar-refractivity contribution in [2.45, 2.75) is 135 Å². The van der Waals surface area contributed by atoms with Gasteiger partial charge in [0.05, 0.1) is 12.1 Å². The van der Waals surface area contributed by atoms with Gasteiger partial charge in [-0.15, -0.1) is 0 Å². The Labute approximate surface area is 274 Å². The lowest BCUT2D eigenvalue weighted by atomic mass is 9.95. The molecule has 3 aliphatic rings. The van der Waals surface area contributed by atoms with Crippen molar-refractivity contribution in [1.82, 2.24) is 31.1 Å². The van der Waals surface area contributed by atoms with Crippen molar-refractivity contribution in [3.05, 3.63) is 0 Å². The van der Waals surface area contributed by atoms with E-state index in [4.69, 9.17) is 5.73 Å². The second-order valence-corrected chi connectivity index (χ2v) is 14.3. The Kier molecular flexibility index (Phi) is 14.3. The van der Waals surface area contributed by atoms with Crippen LogP contribution in [0, 0.1) is 17.8 Å². The summed E-state index contributed by atoms with van der Waals surface area (Å²) in [4.78, 5) is 72.2. The van der Waals surface area contributed by atoms with Gasteiger partial charge in [0.25, 0.3) is 0 Å². The number of aliphatic hydroxyl groups is 1. The van der Waals surface area contributed by atoms with Crippen molar-refractivity contribution in [2.24, 2.45) is 23.5 Å². The number of hydrogen-bond acceptors (Lipinski definition) is 8. The zero-order valence-electron chi connectivity index (χ0n) is 28.7. The van der Waals surface area contributed by atoms with Crippen LogP contribution in [0.3, 0.4) is 0 Å². The monoisotopic (exact) mass is 649 g/mol. The smallest absolute Gasteiger partial charge is 0.245 e. The normalized spacial score (nSPS) is 31.7. The number of aliphatic hydroxyl groups excluding tert-OH is 1. The van der Waals surface area contributed by atoms with Crippen molar-refractivity contribution in [3.63, 3.8) is 0 Å². The summed E-state index contributed by atoms with van der Waals surface area (Å²) in [5, 5.41) is 21.6. The number of hydrogen-bond donors (Lipinski definition) is 6. The van der Waals surface area contributed by atoms with E-state index in [1.54, 1.807) is 7.05 Å². The number of nitrogens with zero attached hydrogens (tertiary/aromatic N) is 2. The molecule has 13 heteroatoms. The molecule has 5 amide bonds. The topological polar surface area (TPSA) is 186 Å². The molecule has 2 saturated carbocycles. The van der Waals surface area contributed by atoms with Gasteiger partial charge < -0.3 is 37.0 Å². The van der Waals surface area contributed by atoms with Crippen LogP contribution in [0.25, 0.3) is 0 Å². The first-order valence-corrected chi connectivity index (χ1v) is 17.3. The lowest BCUT2D eigenvalue weighted by Gasteiger charge is -2.38. The molecule has 262 valence electrons. The van der Waals surface area contributed by atoms with Crippen molar-refractivity contribution < 1.29 is 29.1 Å². The highest BCUT2D eigenvalue weighted by Crippen LogP contribution is 2.29. The zero-order valence-corrected chi connectivity index (χ0v) is 28.7. The first-order chi connectivity index (χ1) is 21.7. The summed E-state index contributed by atoms with van der Waals surface area (Å²) in [5.74, 6) is -2.09. The molecule has 0 aromatic heterocycles. The van der Waals surface area contributed by atoms with E-state index in [1.165, 1.54) is 11.8 Å². The first-order valence-electron chi connectivity index (χ1n) is 17.3. The number of carbonyl (C=O) groups excluding carboxylic acids is 5. The summed E-state index contributed by atoms with van der Waals surface area (Å²) in [7, 11) is 1.65. The average molecular weight is 650 g/mol. The molecule has 46 heavy (non-hydrogen) atoms. The van der Waals surface area contributed by atoms with E-state index in [9.17, 15) is 29.1 Å². The van der Waals surface area contributed by atoms with Crippen LogP contribution in [0.15, 0.2) is 0 Å². The number of amides is 5. The summed E-state index contributed by atoms with van der Waals surface area (Å²) in [6, 6.07) is -5.25. The number of nitrogens with two attached hydrogens (primary N) is 1. The second kappa shape index (κ2) is 17.4. The van der Waals surface area contributed by atoms with Crippen molar-refractivity contribution in [2.75, 3.05) is 26.7 Å². The summed E-state index contributed by atoms with van der Waals surface area (Å²) in [6.45, 7) is 9.81. The van der Waals surface area contributed by atoms with Crippen molar-refractivity contribution in [3.8, 4) is 0 Å². The third-order valence-corrected chi connectivity index (χ3v) is 9.96. The van der Waals surface area contributed by atoms with E-state index in [2.05, 4.69) is 26.2 Å². The Morgan fingerprint density at radius 3 is 2.00 bits per heavy atom. The van der Waals surface area contributed by atoms with Gasteiger partial charge in [0.15, 0.2) is 0 Å². The molecule has 1 saturated heterocycles. The van der Waals surface area contributed by atoms with Crippen LogP contribution in [-0.2, 0) is 24.0 Å². The van der Waals surface area contributed by atoms with Gasteiger partial charge >= 0.3 is 0 Å². The molecule has 0 radical (unpaired) electrons. The van der Waals surface area contributed by atoms with Crippen molar-refractivity contribution >= 4 is 29.5 Å². The van der Waals surface area contributed by atoms with Gasteiger partial charge in [-0.25, -0.2) is 0 Å². The highest BCUT2D eigenvalue weighted by molar-refractivity contribution is 5.96. The summed E-state index contributed by atoms with van der Waals surface area (Å²) < 4.78 is 0. The Balaban J connectivity index is 2.02. The molecule has 1 aliphatic heterocycles. The van der Waals surface area contributed by atoms with Gasteiger partial charge in [-0.3, -0.25) is 28.9 Å². The molecule has 0 unspecified atom stereocenters. The molecule has 0 aromatic carbocycles. The molecule has 3 rings (SSSR count). The number of nitrogens with one attached hydrogen (secondary N) is 4. The predicted molar refractivity (Wildman–Crippen MR) is 175 cm³/mol. The third-order valence-electron chi connectivity index (χ3n) is 9.96. The van der Waals surface area contributed by atoms with Gasteiger partial charge in [-0.2, -0.15) is 0 Å². The minimum atomic E-state index is -1.30. The van der Waals surface area contributed by atoms with Crippen LogP contribution < -0.4 is 27.0 Å². The number of likely N-dealkylation sites (N-methyl/N-ethyl adjacent to an activating group) is 1. The molecular formula is C33H59N7O6. The SMILES string of the molecule is CC(C)C[C@H]1C(=O)N[C@@H](C2CCCC2)C(=O)N[C@@H](CN)C(=O)N[C@@H]([C@H](C)O)C(=O)N[C@H](C)CN(CC2CCCC2)[C@@H](C)C(=O)N1C. The quantitative estimate of drug-likeness (QED) is 0.226. The first kappa shape index (κ1) is 37.7. The number of rotatable bonds is 7. The molecule has 0 spiro atoms. The van der Waals surface area contributed by atoms with E-state index in [1.807, 2.05) is 27.7 Å². The van der Waals surface area contributed by atoms with Crippen LogP contribution in [0.5, 0.6) is 0 Å². The molecule has 0 aromatic rings. The Morgan fingerprint density at radius 1 is 0.826 bits per heavy atom. The fourth-order valence-corrected chi connectivity index (χ4v) is 7.23. The second-order valence-electron chi connectivity index (χ2n) is 14.3. The standard InChI is InChI=1S/C33H59N7O6/c1-19(2)15-26-30(43)38-28(24-13-9-10-14-24)32(45)36-25(16-34)29(42)37-27(22(5)41)31(44)35-20(3)17-40(18-23-11-7-8-12-23)21(4)33(46)39(26)6/h19-28,41H,7-18,34H2,1-6H3,(H,35,44)(H,36,45)(H,37,42)(H,38,43)/t20-,21+,22+,25+,26+,27+,28+/m1/s1. The molecule has 0 bridgehead atoms. The van der Waals surface area contributed by atoms with Crippen LogP contribution in [0.1, 0.15) is 92.4 Å². The Morgan fingerprint density at radius 2 is 1.43 bits per heavy atom. The minimum absolute atomic E-state index is 0.0925. The Bertz CT molecular complexity index is 1060. The van der Waals surface area contributed by atoms with Crippen LogP contribution >= 0.6 is 0 Å². The maximum atomic E-state index is 14.1. The van der Waals surface area contributed by atoms with E-state index in [0.717, 1.165) is 51.4 Å². The van der Waals surface area contributed by atoms with Gasteiger partial charge in [0.1, 0.15) is 24.2 Å². The van der Waals surface area contributed by atoms with Gasteiger partial charge in [-0.05, 0) is 70.6 Å². The zero-order chi connectivity index (χ0) is 34.1. The van der Waals surface area contributed by atoms with Gasteiger partial charge in [0.2, 0.25) is 29.5 Å². The summed E-state index contributed by atoms with van der Waals surface area (Å²) in [6.07, 6.45) is 6.87. The maximum Gasteiger partial charge on any atom is 0.245 e. The van der Waals surface area contributed by atoms with Crippen LogP contribution in [0.2, 0.25) is 0 Å². The van der Waals surface area contributed by atoms with E-state index >= 15 is 0 Å². The fraction of sp³-hybridized carbons (Fsp3) is 0.848. The fourth-order valence-electron chi connectivity index (χ4n) is 7.23. The van der Waals surface area contributed by atoms with Crippen molar-refractivity contribution in [1.29, 1.82) is 0 Å². The summed E-state index contributed by atoms with van der Waals surface area (Å²) in [5.41, 5.74) is 5.91. The van der Waals surface area contributed by atoms with E-state index in [0.29, 0.717) is 25.4 Å². The molecule has 13 nitrogen and oxygen atoms in total. The van der Waals surface area contributed by atoms with Crippen LogP contribution in [0.4, 0.5) is 0 Å². The van der Waals surface area contributed by atoms with Gasteiger partial charge in [-0.1, -0.05) is 39.5 Å². The highest BCUT2D eigenvalue weighted by atomic mass is 16.3. The highest BCUT2D eigenvalue weighted by Gasteiger charge is 2.39. The molecule has 7 atom stereocenters. The number of carbonyl (C=O) groups is 5. The molecule has 3 fully saturated rings. The molecular weight excluding hydrogens is 590 g/mol. The molecule has 1 heterocycles. The lowest BCUT2D eigenvalue weighted by molar-refractivity contribution is -0.144. The third kappa shape index (κ3) is 10.1. The molecule has 7 N–H and O–H groups in total. The largest absolute Gasteiger partial charge is 0.391 e. The Hall–Kier alpha value is -2.77.